The van der Waals surface area contributed by atoms with E-state index >= 15 is 0 Å². The van der Waals surface area contributed by atoms with E-state index in [-0.39, 0.29) is 11.3 Å². The Hall–Kier alpha value is -3.02. The minimum absolute atomic E-state index is 0.0445. The molecule has 2 aromatic heterocycles. The Bertz CT molecular complexity index is 1100. The molecule has 6 rings (SSSR count). The van der Waals surface area contributed by atoms with Gasteiger partial charge in [0.1, 0.15) is 5.69 Å². The molecular formula is C24H25N5O. The second-order valence-electron chi connectivity index (χ2n) is 9.03. The molecule has 1 aliphatic heterocycles. The Morgan fingerprint density at radius 2 is 2.03 bits per heavy atom. The molecule has 1 saturated heterocycles. The van der Waals surface area contributed by atoms with E-state index in [0.717, 1.165) is 61.5 Å². The first kappa shape index (κ1) is 17.8. The highest BCUT2D eigenvalue weighted by Crippen LogP contribution is 2.45. The van der Waals surface area contributed by atoms with Crippen molar-refractivity contribution in [2.75, 3.05) is 13.1 Å². The number of fused-ring (bicyclic) bond motifs is 2. The third kappa shape index (κ3) is 2.93. The van der Waals surface area contributed by atoms with Crippen LogP contribution in [-0.4, -0.2) is 44.1 Å². The van der Waals surface area contributed by atoms with Crippen LogP contribution < -0.4 is 0 Å². The molecule has 1 unspecified atom stereocenters. The largest absolute Gasteiger partial charge is 0.336 e. The molecule has 3 aliphatic rings. The Labute approximate surface area is 175 Å². The van der Waals surface area contributed by atoms with E-state index in [1.165, 1.54) is 18.4 Å². The van der Waals surface area contributed by atoms with Gasteiger partial charge in [-0.1, -0.05) is 30.3 Å². The maximum atomic E-state index is 13.2. The quantitative estimate of drug-likeness (QED) is 0.726. The van der Waals surface area contributed by atoms with Crippen molar-refractivity contribution in [3.63, 3.8) is 0 Å². The number of aromatic amines is 1. The highest BCUT2D eigenvalue weighted by Gasteiger charge is 2.45. The van der Waals surface area contributed by atoms with Crippen molar-refractivity contribution in [1.29, 1.82) is 0 Å². The number of hydrogen-bond acceptors (Lipinski definition) is 4. The standard InChI is InChI=1S/C24H25N5O/c30-23(20-13-19(27-28-20)16-7-8-16)29-12-4-10-24(15-29)11-9-18-14-25-22(26-21(18)24)17-5-2-1-3-6-17/h1-3,5-6,13-14,16H,4,7-12,15H2,(H,27,28). The molecule has 2 aliphatic carbocycles. The van der Waals surface area contributed by atoms with Gasteiger partial charge >= 0.3 is 0 Å². The van der Waals surface area contributed by atoms with E-state index in [2.05, 4.69) is 27.3 Å². The Morgan fingerprint density at radius 3 is 2.87 bits per heavy atom. The van der Waals surface area contributed by atoms with Gasteiger partial charge < -0.3 is 4.90 Å². The summed E-state index contributed by atoms with van der Waals surface area (Å²) in [6.07, 6.45) is 8.48. The molecule has 2 fully saturated rings. The number of benzene rings is 1. The average molecular weight is 399 g/mol. The summed E-state index contributed by atoms with van der Waals surface area (Å²) in [5, 5.41) is 7.40. The van der Waals surface area contributed by atoms with E-state index in [4.69, 9.17) is 4.98 Å². The molecule has 1 saturated carbocycles. The first-order valence-electron chi connectivity index (χ1n) is 11.0. The summed E-state index contributed by atoms with van der Waals surface area (Å²) in [5.41, 5.74) is 5.02. The molecule has 1 aromatic carbocycles. The lowest BCUT2D eigenvalue weighted by Gasteiger charge is -2.40. The predicted octanol–water partition coefficient (Wildman–Crippen LogP) is 3.86. The number of H-pyrrole nitrogens is 1. The highest BCUT2D eigenvalue weighted by atomic mass is 16.2. The van der Waals surface area contributed by atoms with Gasteiger partial charge in [-0.3, -0.25) is 9.89 Å². The summed E-state index contributed by atoms with van der Waals surface area (Å²) >= 11 is 0. The van der Waals surface area contributed by atoms with Crippen LogP contribution in [0.4, 0.5) is 0 Å². The van der Waals surface area contributed by atoms with Gasteiger partial charge in [0.2, 0.25) is 0 Å². The number of likely N-dealkylation sites (tertiary alicyclic amines) is 1. The minimum Gasteiger partial charge on any atom is -0.336 e. The first-order valence-corrected chi connectivity index (χ1v) is 11.0. The van der Waals surface area contributed by atoms with E-state index < -0.39 is 0 Å². The molecule has 0 bridgehead atoms. The number of nitrogens with one attached hydrogen (secondary N) is 1. The fraction of sp³-hybridized carbons (Fsp3) is 0.417. The Morgan fingerprint density at radius 1 is 1.17 bits per heavy atom. The normalized spacial score (nSPS) is 23.0. The van der Waals surface area contributed by atoms with Crippen LogP contribution in [-0.2, 0) is 11.8 Å². The van der Waals surface area contributed by atoms with Gasteiger partial charge in [-0.15, -0.1) is 0 Å². The molecule has 6 heteroatoms. The van der Waals surface area contributed by atoms with Crippen LogP contribution in [0.15, 0.2) is 42.6 Å². The van der Waals surface area contributed by atoms with Gasteiger partial charge in [0, 0.05) is 41.9 Å². The summed E-state index contributed by atoms with van der Waals surface area (Å²) in [5.74, 6) is 1.39. The van der Waals surface area contributed by atoms with E-state index in [1.54, 1.807) is 0 Å². The van der Waals surface area contributed by atoms with E-state index in [1.807, 2.05) is 35.4 Å². The molecule has 152 valence electrons. The fourth-order valence-corrected chi connectivity index (χ4v) is 5.18. The molecule has 1 amide bonds. The number of hydrogen-bond donors (Lipinski definition) is 1. The number of carbonyl (C=O) groups is 1. The molecule has 1 atom stereocenters. The third-order valence-electron chi connectivity index (χ3n) is 6.97. The van der Waals surface area contributed by atoms with Crippen LogP contribution in [0.1, 0.15) is 65.5 Å². The van der Waals surface area contributed by atoms with Gasteiger partial charge in [0.05, 0.1) is 5.69 Å². The van der Waals surface area contributed by atoms with Crippen molar-refractivity contribution in [2.24, 2.45) is 0 Å². The summed E-state index contributed by atoms with van der Waals surface area (Å²) in [7, 11) is 0. The van der Waals surface area contributed by atoms with E-state index in [0.29, 0.717) is 11.6 Å². The topological polar surface area (TPSA) is 74.8 Å². The van der Waals surface area contributed by atoms with Crippen LogP contribution in [0.25, 0.3) is 11.4 Å². The molecule has 0 radical (unpaired) electrons. The number of carbonyl (C=O) groups excluding carboxylic acids is 1. The molecule has 3 aromatic rings. The lowest BCUT2D eigenvalue weighted by atomic mass is 9.77. The fourth-order valence-electron chi connectivity index (χ4n) is 5.18. The molecule has 3 heterocycles. The monoisotopic (exact) mass is 399 g/mol. The number of aryl methyl sites for hydroxylation is 1. The smallest absolute Gasteiger partial charge is 0.274 e. The lowest BCUT2D eigenvalue weighted by molar-refractivity contribution is 0.0627. The minimum atomic E-state index is -0.0641. The Kier molecular flexibility index (Phi) is 4.01. The van der Waals surface area contributed by atoms with Gasteiger partial charge in [-0.25, -0.2) is 9.97 Å². The first-order chi connectivity index (χ1) is 14.7. The molecular weight excluding hydrogens is 374 g/mol. The average Bonchev–Trinajstić information content (AvgIpc) is 3.44. The lowest BCUT2D eigenvalue weighted by Crippen LogP contribution is -2.48. The molecule has 1 N–H and O–H groups in total. The van der Waals surface area contributed by atoms with Crippen molar-refractivity contribution in [1.82, 2.24) is 25.1 Å². The van der Waals surface area contributed by atoms with Crippen LogP contribution >= 0.6 is 0 Å². The summed E-state index contributed by atoms with van der Waals surface area (Å²) < 4.78 is 0. The maximum Gasteiger partial charge on any atom is 0.274 e. The number of amides is 1. The van der Waals surface area contributed by atoms with Crippen molar-refractivity contribution >= 4 is 5.91 Å². The zero-order valence-electron chi connectivity index (χ0n) is 17.0. The third-order valence-corrected chi connectivity index (χ3v) is 6.97. The number of nitrogens with zero attached hydrogens (tertiary/aromatic N) is 4. The Balaban J connectivity index is 1.29. The van der Waals surface area contributed by atoms with E-state index in [9.17, 15) is 4.79 Å². The summed E-state index contributed by atoms with van der Waals surface area (Å²) in [6, 6.07) is 12.1. The number of rotatable bonds is 3. The van der Waals surface area contributed by atoms with Crippen LogP contribution in [0.5, 0.6) is 0 Å². The van der Waals surface area contributed by atoms with Crippen molar-refractivity contribution in [2.45, 2.75) is 49.9 Å². The molecule has 6 nitrogen and oxygen atoms in total. The van der Waals surface area contributed by atoms with Crippen LogP contribution in [0.2, 0.25) is 0 Å². The van der Waals surface area contributed by atoms with Crippen molar-refractivity contribution in [3.8, 4) is 11.4 Å². The van der Waals surface area contributed by atoms with Crippen molar-refractivity contribution < 1.29 is 4.79 Å². The van der Waals surface area contributed by atoms with Gasteiger partial charge in [0.25, 0.3) is 5.91 Å². The molecule has 30 heavy (non-hydrogen) atoms. The maximum absolute atomic E-state index is 13.2. The van der Waals surface area contributed by atoms with Crippen LogP contribution in [0.3, 0.4) is 0 Å². The summed E-state index contributed by atoms with van der Waals surface area (Å²) in [6.45, 7) is 1.51. The summed E-state index contributed by atoms with van der Waals surface area (Å²) in [4.78, 5) is 24.9. The SMILES string of the molecule is O=C(c1cc(C2CC2)[nH]n1)N1CCCC2(CCc3cnc(-c4ccccc4)nc32)C1. The zero-order chi connectivity index (χ0) is 20.1. The second-order valence-corrected chi connectivity index (χ2v) is 9.03. The van der Waals surface area contributed by atoms with Crippen molar-refractivity contribution in [3.05, 3.63) is 65.2 Å². The predicted molar refractivity (Wildman–Crippen MR) is 113 cm³/mol. The van der Waals surface area contributed by atoms with Gasteiger partial charge in [0.15, 0.2) is 5.82 Å². The van der Waals surface area contributed by atoms with Gasteiger partial charge in [-0.05, 0) is 50.2 Å². The zero-order valence-corrected chi connectivity index (χ0v) is 17.0. The van der Waals surface area contributed by atoms with Crippen LogP contribution in [0, 0.1) is 0 Å². The highest BCUT2D eigenvalue weighted by molar-refractivity contribution is 5.92. The second kappa shape index (κ2) is 6.76. The number of aromatic nitrogens is 4. The van der Waals surface area contributed by atoms with Gasteiger partial charge in [-0.2, -0.15) is 5.10 Å². The molecule has 1 spiro atoms. The number of piperidine rings is 1.